The van der Waals surface area contributed by atoms with E-state index in [1.807, 2.05) is 0 Å². The van der Waals surface area contributed by atoms with Crippen LogP contribution in [0.25, 0.3) is 0 Å². The molecule has 20 heavy (non-hydrogen) atoms. The lowest BCUT2D eigenvalue weighted by Crippen LogP contribution is -2.37. The van der Waals surface area contributed by atoms with Crippen LogP contribution in [0.5, 0.6) is 0 Å². The fraction of sp³-hybridized carbons (Fsp3) is 0.357. The number of rotatable bonds is 1. The average Bonchev–Trinajstić information content (AvgIpc) is 2.40. The van der Waals surface area contributed by atoms with E-state index in [9.17, 15) is 18.0 Å². The minimum atomic E-state index is -4.30. The monoisotopic (exact) mass is 301 g/mol. The summed E-state index contributed by atoms with van der Waals surface area (Å²) in [6, 6.07) is 5.19. The number of amides is 1. The van der Waals surface area contributed by atoms with Crippen LogP contribution in [-0.4, -0.2) is 30.1 Å². The number of carbonyl (C=O) groups is 1. The summed E-state index contributed by atoms with van der Waals surface area (Å²) >= 11 is 4.18. The molecule has 1 amide bonds. The second kappa shape index (κ2) is 5.52. The Kier molecular flexibility index (Phi) is 4.13. The van der Waals surface area contributed by atoms with E-state index in [1.54, 1.807) is 25.1 Å². The maximum Gasteiger partial charge on any atom is 0.412 e. The van der Waals surface area contributed by atoms with E-state index in [4.69, 9.17) is 0 Å². The molecule has 1 aliphatic heterocycles. The molecule has 0 saturated heterocycles. The van der Waals surface area contributed by atoms with Gasteiger partial charge in [0.2, 0.25) is 0 Å². The highest BCUT2D eigenvalue weighted by atomic mass is 32.1. The molecule has 1 aromatic carbocycles. The molecule has 0 fully saturated rings. The Morgan fingerprint density at radius 2 is 2.05 bits per heavy atom. The Bertz CT molecular complexity index is 566. The summed E-state index contributed by atoms with van der Waals surface area (Å²) in [6.45, 7) is 1.87. The highest BCUT2D eigenvalue weighted by Crippen LogP contribution is 2.30. The lowest BCUT2D eigenvalue weighted by molar-refractivity contribution is -0.0957. The maximum absolute atomic E-state index is 12.5. The maximum atomic E-state index is 12.5. The van der Waals surface area contributed by atoms with E-state index >= 15 is 0 Å². The Balaban J connectivity index is 2.17. The summed E-state index contributed by atoms with van der Waals surface area (Å²) in [4.78, 5) is 14.4. The first kappa shape index (κ1) is 15.0. The number of benzene rings is 1. The number of nitrogens with zero attached hydrogens (tertiary/aromatic N) is 1. The van der Waals surface area contributed by atoms with Gasteiger partial charge in [-0.1, -0.05) is 12.1 Å². The number of aryl methyl sites for hydroxylation is 1. The van der Waals surface area contributed by atoms with Crippen molar-refractivity contribution < 1.29 is 18.0 Å². The van der Waals surface area contributed by atoms with E-state index < -0.39 is 11.7 Å². The third-order valence-corrected chi connectivity index (χ3v) is 3.59. The molecule has 0 unspecified atom stereocenters. The molecule has 0 bridgehead atoms. The number of halogens is 3. The summed E-state index contributed by atoms with van der Waals surface area (Å²) in [5.41, 5.74) is 0.723. The summed E-state index contributed by atoms with van der Waals surface area (Å²) in [5, 5.41) is 0. The molecular formula is C14H14F3NOS. The zero-order valence-electron chi connectivity index (χ0n) is 10.9. The van der Waals surface area contributed by atoms with E-state index in [0.717, 1.165) is 11.6 Å². The van der Waals surface area contributed by atoms with Gasteiger partial charge in [-0.2, -0.15) is 13.2 Å². The lowest BCUT2D eigenvalue weighted by atomic mass is 10.0. The first-order chi connectivity index (χ1) is 9.29. The van der Waals surface area contributed by atoms with Crippen molar-refractivity contribution in [2.24, 2.45) is 0 Å². The molecule has 0 N–H and O–H groups in total. The quantitative estimate of drug-likeness (QED) is 0.620. The van der Waals surface area contributed by atoms with Gasteiger partial charge in [-0.05, 0) is 31.0 Å². The van der Waals surface area contributed by atoms with Gasteiger partial charge in [-0.3, -0.25) is 4.79 Å². The van der Waals surface area contributed by atoms with Crippen LogP contribution in [-0.2, 0) is 0 Å². The second-order valence-electron chi connectivity index (χ2n) is 4.73. The first-order valence-corrected chi connectivity index (χ1v) is 6.59. The Labute approximate surface area is 120 Å². The molecule has 0 spiro atoms. The van der Waals surface area contributed by atoms with Crippen LogP contribution in [0.1, 0.15) is 22.3 Å². The molecule has 0 aromatic heterocycles. The van der Waals surface area contributed by atoms with Gasteiger partial charge in [0.05, 0.1) is 0 Å². The third kappa shape index (κ3) is 3.17. The van der Waals surface area contributed by atoms with Crippen molar-refractivity contribution in [1.82, 2.24) is 4.90 Å². The van der Waals surface area contributed by atoms with E-state index in [2.05, 4.69) is 12.6 Å². The van der Waals surface area contributed by atoms with Crippen LogP contribution >= 0.6 is 12.6 Å². The van der Waals surface area contributed by atoms with Crippen LogP contribution in [0.3, 0.4) is 0 Å². The molecule has 1 aromatic rings. The largest absolute Gasteiger partial charge is 0.412 e. The Hall–Kier alpha value is -1.43. The van der Waals surface area contributed by atoms with Crippen LogP contribution in [0, 0.1) is 6.92 Å². The van der Waals surface area contributed by atoms with Crippen LogP contribution in [0.4, 0.5) is 13.2 Å². The molecule has 0 saturated carbocycles. The first-order valence-electron chi connectivity index (χ1n) is 6.14. The molecule has 0 aliphatic carbocycles. The van der Waals surface area contributed by atoms with Gasteiger partial charge in [-0.25, -0.2) is 0 Å². The fourth-order valence-corrected chi connectivity index (χ4v) is 2.33. The minimum Gasteiger partial charge on any atom is -0.335 e. The van der Waals surface area contributed by atoms with Crippen LogP contribution in [0.2, 0.25) is 0 Å². The second-order valence-corrected chi connectivity index (χ2v) is 5.24. The van der Waals surface area contributed by atoms with Gasteiger partial charge in [-0.15, -0.1) is 12.6 Å². The minimum absolute atomic E-state index is 0.0100. The predicted octanol–water partition coefficient (Wildman–Crippen LogP) is 3.62. The van der Waals surface area contributed by atoms with Crippen molar-refractivity contribution >= 4 is 18.5 Å². The van der Waals surface area contributed by atoms with Crippen molar-refractivity contribution in [3.8, 4) is 0 Å². The average molecular weight is 301 g/mol. The summed E-state index contributed by atoms with van der Waals surface area (Å²) in [7, 11) is 0. The molecule has 6 heteroatoms. The molecule has 0 radical (unpaired) electrons. The van der Waals surface area contributed by atoms with E-state index in [0.29, 0.717) is 10.5 Å². The van der Waals surface area contributed by atoms with Gasteiger partial charge in [0.15, 0.2) is 0 Å². The summed E-state index contributed by atoms with van der Waals surface area (Å²) in [6.07, 6.45) is -3.37. The third-order valence-electron chi connectivity index (χ3n) is 3.31. The molecule has 108 valence electrons. The van der Waals surface area contributed by atoms with Crippen LogP contribution in [0.15, 0.2) is 34.7 Å². The highest BCUT2D eigenvalue weighted by molar-refractivity contribution is 7.80. The standard InChI is InChI=1S/C14H14F3NOS/c1-9-2-3-11(20)8-12(9)13(19)18-6-4-10(5-7-18)14(15,16)17/h2-4,8,20H,5-7H2,1H3. The molecule has 2 nitrogen and oxygen atoms in total. The van der Waals surface area contributed by atoms with E-state index in [-0.39, 0.29) is 25.4 Å². The normalized spacial score (nSPS) is 16.1. The number of thiol groups is 1. The Morgan fingerprint density at radius 3 is 2.60 bits per heavy atom. The Morgan fingerprint density at radius 1 is 1.35 bits per heavy atom. The van der Waals surface area contributed by atoms with Gasteiger partial charge in [0.25, 0.3) is 5.91 Å². The predicted molar refractivity (Wildman–Crippen MR) is 73.1 cm³/mol. The van der Waals surface area contributed by atoms with Crippen molar-refractivity contribution in [3.63, 3.8) is 0 Å². The number of alkyl halides is 3. The summed E-state index contributed by atoms with van der Waals surface area (Å²) in [5.74, 6) is -0.254. The van der Waals surface area contributed by atoms with Gasteiger partial charge in [0.1, 0.15) is 0 Å². The molecule has 2 rings (SSSR count). The van der Waals surface area contributed by atoms with Crippen molar-refractivity contribution in [3.05, 3.63) is 41.0 Å². The number of hydrogen-bond acceptors (Lipinski definition) is 2. The topological polar surface area (TPSA) is 20.3 Å². The smallest absolute Gasteiger partial charge is 0.335 e. The molecule has 1 heterocycles. The molecule has 0 atom stereocenters. The van der Waals surface area contributed by atoms with Crippen molar-refractivity contribution in [2.45, 2.75) is 24.4 Å². The molecular weight excluding hydrogens is 287 g/mol. The zero-order valence-corrected chi connectivity index (χ0v) is 11.8. The van der Waals surface area contributed by atoms with Crippen molar-refractivity contribution in [1.29, 1.82) is 0 Å². The fourth-order valence-electron chi connectivity index (χ4n) is 2.12. The van der Waals surface area contributed by atoms with Gasteiger partial charge in [0, 0.05) is 29.1 Å². The summed E-state index contributed by atoms with van der Waals surface area (Å²) < 4.78 is 37.6. The lowest BCUT2D eigenvalue weighted by Gasteiger charge is -2.28. The number of carbonyl (C=O) groups excluding carboxylic acids is 1. The zero-order chi connectivity index (χ0) is 14.9. The van der Waals surface area contributed by atoms with Gasteiger partial charge >= 0.3 is 6.18 Å². The SMILES string of the molecule is Cc1ccc(S)cc1C(=O)N1CC=C(C(F)(F)F)CC1. The number of hydrogen-bond donors (Lipinski definition) is 1. The van der Waals surface area contributed by atoms with E-state index in [1.165, 1.54) is 4.90 Å². The molecule has 1 aliphatic rings. The van der Waals surface area contributed by atoms with Crippen LogP contribution < -0.4 is 0 Å². The van der Waals surface area contributed by atoms with Crippen molar-refractivity contribution in [2.75, 3.05) is 13.1 Å². The van der Waals surface area contributed by atoms with Gasteiger partial charge < -0.3 is 4.90 Å². The highest BCUT2D eigenvalue weighted by Gasteiger charge is 2.35.